The van der Waals surface area contributed by atoms with Crippen LogP contribution in [0.3, 0.4) is 0 Å². The zero-order chi connectivity index (χ0) is 18.9. The van der Waals surface area contributed by atoms with E-state index in [0.29, 0.717) is 0 Å². The average Bonchev–Trinajstić information content (AvgIpc) is 3.15. The van der Waals surface area contributed by atoms with Crippen molar-refractivity contribution in [3.63, 3.8) is 0 Å². The number of rotatable bonds is 3. The molecule has 8 heteroatoms. The van der Waals surface area contributed by atoms with Gasteiger partial charge in [-0.2, -0.15) is 13.2 Å². The summed E-state index contributed by atoms with van der Waals surface area (Å²) >= 11 is 0. The molecule has 0 bridgehead atoms. The number of hydrogen-bond acceptors (Lipinski definition) is 3. The normalized spacial score (nSPS) is 18.6. The first-order chi connectivity index (χ1) is 12.2. The molecule has 1 aromatic carbocycles. The minimum absolute atomic E-state index is 0.103. The topological polar surface area (TPSA) is 58.4 Å². The lowest BCUT2D eigenvalue weighted by Gasteiger charge is -2.39. The Bertz CT molecular complexity index is 766. The molecule has 140 valence electrons. The third-order valence-electron chi connectivity index (χ3n) is 4.96. The van der Waals surface area contributed by atoms with Crippen LogP contribution in [0.15, 0.2) is 43.0 Å². The summed E-state index contributed by atoms with van der Waals surface area (Å²) in [6.07, 6.45) is 0.778. The fraction of sp³-hybridized carbons (Fsp3) is 0.444. The first kappa shape index (κ1) is 18.4. The number of alkyl halides is 3. The van der Waals surface area contributed by atoms with E-state index in [2.05, 4.69) is 4.98 Å². The molecule has 0 spiro atoms. The zero-order valence-corrected chi connectivity index (χ0v) is 14.3. The Morgan fingerprint density at radius 3 is 2.58 bits per heavy atom. The smallest absolute Gasteiger partial charge is 0.385 e. The standard InChI is InChI=1S/C18H20F3N3O2/c1-13(24-10-7-22-12-24)16(25)23-8-5-17(26,6-9-23)14-3-2-4-15(11-14)18(19,20)21/h2-4,7,10-13,26H,5-6,8-9H2,1H3/t13-/m1/s1. The van der Waals surface area contributed by atoms with Crippen molar-refractivity contribution in [2.24, 2.45) is 0 Å². The van der Waals surface area contributed by atoms with Crippen LogP contribution in [0.5, 0.6) is 0 Å². The van der Waals surface area contributed by atoms with Crippen LogP contribution in [0.1, 0.15) is 36.9 Å². The number of likely N-dealkylation sites (tertiary alicyclic amines) is 1. The highest BCUT2D eigenvalue weighted by molar-refractivity contribution is 5.80. The van der Waals surface area contributed by atoms with Gasteiger partial charge in [0.15, 0.2) is 0 Å². The maximum Gasteiger partial charge on any atom is 0.416 e. The van der Waals surface area contributed by atoms with Gasteiger partial charge < -0.3 is 14.6 Å². The predicted octanol–water partition coefficient (Wildman–Crippen LogP) is 2.97. The molecule has 1 aromatic heterocycles. The first-order valence-corrected chi connectivity index (χ1v) is 8.37. The van der Waals surface area contributed by atoms with Crippen LogP contribution >= 0.6 is 0 Å². The monoisotopic (exact) mass is 367 g/mol. The van der Waals surface area contributed by atoms with Crippen molar-refractivity contribution < 1.29 is 23.1 Å². The van der Waals surface area contributed by atoms with Crippen molar-refractivity contribution in [1.82, 2.24) is 14.5 Å². The van der Waals surface area contributed by atoms with Crippen molar-refractivity contribution >= 4 is 5.91 Å². The molecule has 2 heterocycles. The van der Waals surface area contributed by atoms with Crippen molar-refractivity contribution in [3.05, 3.63) is 54.1 Å². The molecule has 1 amide bonds. The number of amides is 1. The maximum atomic E-state index is 12.9. The summed E-state index contributed by atoms with van der Waals surface area (Å²) < 4.78 is 40.4. The van der Waals surface area contributed by atoms with Gasteiger partial charge in [-0.15, -0.1) is 0 Å². The summed E-state index contributed by atoms with van der Waals surface area (Å²) in [5.41, 5.74) is -1.91. The van der Waals surface area contributed by atoms with Gasteiger partial charge in [-0.25, -0.2) is 4.98 Å². The number of halogens is 3. The second kappa shape index (κ2) is 6.75. The highest BCUT2D eigenvalue weighted by Gasteiger charge is 2.38. The van der Waals surface area contributed by atoms with Crippen LogP contribution in [0, 0.1) is 0 Å². The molecule has 1 N–H and O–H groups in total. The fourth-order valence-corrected chi connectivity index (χ4v) is 3.26. The lowest BCUT2D eigenvalue weighted by molar-refractivity contribution is -0.139. The van der Waals surface area contributed by atoms with E-state index in [-0.39, 0.29) is 37.4 Å². The molecule has 0 saturated carbocycles. The van der Waals surface area contributed by atoms with E-state index >= 15 is 0 Å². The molecule has 0 radical (unpaired) electrons. The molecule has 2 aromatic rings. The molecule has 0 aliphatic carbocycles. The summed E-state index contributed by atoms with van der Waals surface area (Å²) in [4.78, 5) is 18.1. The summed E-state index contributed by atoms with van der Waals surface area (Å²) in [5, 5.41) is 10.8. The van der Waals surface area contributed by atoms with Gasteiger partial charge in [0.05, 0.1) is 17.5 Å². The quantitative estimate of drug-likeness (QED) is 0.907. The Morgan fingerprint density at radius 2 is 2.00 bits per heavy atom. The highest BCUT2D eigenvalue weighted by atomic mass is 19.4. The molecular formula is C18H20F3N3O2. The van der Waals surface area contributed by atoms with E-state index in [9.17, 15) is 23.1 Å². The minimum Gasteiger partial charge on any atom is -0.385 e. The highest BCUT2D eigenvalue weighted by Crippen LogP contribution is 2.37. The number of nitrogens with zero attached hydrogens (tertiary/aromatic N) is 3. The number of aliphatic hydroxyl groups is 1. The summed E-state index contributed by atoms with van der Waals surface area (Å²) in [7, 11) is 0. The van der Waals surface area contributed by atoms with Crippen molar-refractivity contribution in [2.75, 3.05) is 13.1 Å². The zero-order valence-electron chi connectivity index (χ0n) is 14.3. The van der Waals surface area contributed by atoms with E-state index < -0.39 is 23.4 Å². The molecule has 5 nitrogen and oxygen atoms in total. The van der Waals surface area contributed by atoms with Crippen LogP contribution in [-0.4, -0.2) is 38.6 Å². The molecule has 1 saturated heterocycles. The van der Waals surface area contributed by atoms with E-state index in [1.165, 1.54) is 12.1 Å². The Morgan fingerprint density at radius 1 is 1.31 bits per heavy atom. The maximum absolute atomic E-state index is 12.9. The molecule has 1 fully saturated rings. The Kier molecular flexibility index (Phi) is 4.79. The summed E-state index contributed by atoms with van der Waals surface area (Å²) in [6.45, 7) is 2.33. The Balaban J connectivity index is 1.70. The second-order valence-corrected chi connectivity index (χ2v) is 6.62. The van der Waals surface area contributed by atoms with Gasteiger partial charge in [0.2, 0.25) is 5.91 Å². The van der Waals surface area contributed by atoms with Gasteiger partial charge in [0.1, 0.15) is 6.04 Å². The first-order valence-electron chi connectivity index (χ1n) is 8.37. The lowest BCUT2D eigenvalue weighted by atomic mass is 9.83. The van der Waals surface area contributed by atoms with Gasteiger partial charge >= 0.3 is 6.18 Å². The van der Waals surface area contributed by atoms with Crippen LogP contribution in [0.2, 0.25) is 0 Å². The number of carbonyl (C=O) groups is 1. The molecule has 1 atom stereocenters. The number of piperidine rings is 1. The molecule has 3 rings (SSSR count). The van der Waals surface area contributed by atoms with E-state index in [1.807, 2.05) is 0 Å². The van der Waals surface area contributed by atoms with Gasteiger partial charge in [-0.05, 0) is 37.5 Å². The van der Waals surface area contributed by atoms with Crippen molar-refractivity contribution in [1.29, 1.82) is 0 Å². The number of hydrogen-bond donors (Lipinski definition) is 1. The van der Waals surface area contributed by atoms with Crippen LogP contribution in [0.25, 0.3) is 0 Å². The second-order valence-electron chi connectivity index (χ2n) is 6.62. The van der Waals surface area contributed by atoms with E-state index in [4.69, 9.17) is 0 Å². The van der Waals surface area contributed by atoms with Crippen molar-refractivity contribution in [2.45, 2.75) is 37.6 Å². The molecule has 1 aliphatic heterocycles. The Hall–Kier alpha value is -2.35. The average molecular weight is 367 g/mol. The van der Waals surface area contributed by atoms with E-state index in [1.54, 1.807) is 35.1 Å². The van der Waals surface area contributed by atoms with Crippen LogP contribution < -0.4 is 0 Å². The van der Waals surface area contributed by atoms with Gasteiger partial charge in [0, 0.05) is 25.5 Å². The largest absolute Gasteiger partial charge is 0.416 e. The van der Waals surface area contributed by atoms with Crippen LogP contribution in [0.4, 0.5) is 13.2 Å². The number of benzene rings is 1. The van der Waals surface area contributed by atoms with Crippen LogP contribution in [-0.2, 0) is 16.6 Å². The molecule has 26 heavy (non-hydrogen) atoms. The fourth-order valence-electron chi connectivity index (χ4n) is 3.26. The minimum atomic E-state index is -4.46. The van der Waals surface area contributed by atoms with E-state index in [0.717, 1.165) is 12.1 Å². The SMILES string of the molecule is C[C@H](C(=O)N1CCC(O)(c2cccc(C(F)(F)F)c2)CC1)n1ccnc1. The number of carbonyl (C=O) groups excluding carboxylic acids is 1. The predicted molar refractivity (Wildman–Crippen MR) is 88.1 cm³/mol. The van der Waals surface area contributed by atoms with Gasteiger partial charge in [0.25, 0.3) is 0 Å². The summed E-state index contributed by atoms with van der Waals surface area (Å²) in [5.74, 6) is -0.103. The third kappa shape index (κ3) is 3.60. The third-order valence-corrected chi connectivity index (χ3v) is 4.96. The number of aromatic nitrogens is 2. The Labute approximate surface area is 149 Å². The molecule has 0 unspecified atom stereocenters. The molecule has 1 aliphatic rings. The van der Waals surface area contributed by atoms with Gasteiger partial charge in [-0.3, -0.25) is 4.79 Å². The number of imidazole rings is 1. The summed E-state index contributed by atoms with van der Waals surface area (Å²) in [6, 6.07) is 4.36. The van der Waals surface area contributed by atoms with Gasteiger partial charge in [-0.1, -0.05) is 12.1 Å². The lowest BCUT2D eigenvalue weighted by Crippen LogP contribution is -2.47. The molecular weight excluding hydrogens is 347 g/mol. The van der Waals surface area contributed by atoms with Crippen molar-refractivity contribution in [3.8, 4) is 0 Å².